The van der Waals surface area contributed by atoms with Gasteiger partial charge in [0.25, 0.3) is 0 Å². The maximum absolute atomic E-state index is 12.1. The second-order valence-corrected chi connectivity index (χ2v) is 4.56. The van der Waals surface area contributed by atoms with Gasteiger partial charge in [0.1, 0.15) is 12.0 Å². The Bertz CT molecular complexity index is 454. The lowest BCUT2D eigenvalue weighted by molar-refractivity contribution is -0.151. The number of rotatable bonds is 4. The molecule has 1 aromatic carbocycles. The van der Waals surface area contributed by atoms with Crippen molar-refractivity contribution in [2.24, 2.45) is 11.8 Å². The maximum atomic E-state index is 12.1. The molecule has 0 N–H and O–H groups in total. The Morgan fingerprint density at radius 2 is 1.95 bits per heavy atom. The van der Waals surface area contributed by atoms with E-state index in [-0.39, 0.29) is 11.9 Å². The molecule has 0 amide bonds. The summed E-state index contributed by atoms with van der Waals surface area (Å²) >= 11 is 0. The summed E-state index contributed by atoms with van der Waals surface area (Å²) in [7, 11) is 0. The van der Waals surface area contributed by atoms with Gasteiger partial charge in [-0.05, 0) is 18.9 Å². The molecule has 1 aliphatic heterocycles. The molecule has 4 nitrogen and oxygen atoms in total. The minimum Gasteiger partial charge on any atom is -0.466 e. The first-order valence-corrected chi connectivity index (χ1v) is 6.61. The fourth-order valence-electron chi connectivity index (χ4n) is 2.51. The quantitative estimate of drug-likeness (QED) is 0.782. The Kier molecular flexibility index (Phi) is 4.20. The molecule has 19 heavy (non-hydrogen) atoms. The van der Waals surface area contributed by atoms with Crippen molar-refractivity contribution in [2.75, 3.05) is 6.61 Å². The second kappa shape index (κ2) is 5.87. The van der Waals surface area contributed by atoms with E-state index in [0.717, 1.165) is 5.56 Å². The number of ether oxygens (including phenoxy) is 2. The average molecular weight is 262 g/mol. The molecule has 1 aliphatic rings. The minimum atomic E-state index is -0.542. The molecule has 0 saturated carbocycles. The largest absolute Gasteiger partial charge is 0.466 e. The van der Waals surface area contributed by atoms with Crippen molar-refractivity contribution in [3.8, 4) is 0 Å². The van der Waals surface area contributed by atoms with E-state index >= 15 is 0 Å². The van der Waals surface area contributed by atoms with E-state index < -0.39 is 17.9 Å². The summed E-state index contributed by atoms with van der Waals surface area (Å²) in [6, 6.07) is 9.34. The van der Waals surface area contributed by atoms with Crippen LogP contribution in [0.5, 0.6) is 0 Å². The number of carbonyl (C=O) groups is 2. The van der Waals surface area contributed by atoms with Crippen molar-refractivity contribution >= 4 is 11.9 Å². The fourth-order valence-corrected chi connectivity index (χ4v) is 2.51. The van der Waals surface area contributed by atoms with E-state index in [0.29, 0.717) is 13.0 Å². The number of esters is 2. The van der Waals surface area contributed by atoms with E-state index in [1.807, 2.05) is 37.3 Å². The molecule has 3 unspecified atom stereocenters. The van der Waals surface area contributed by atoms with Crippen LogP contribution >= 0.6 is 0 Å². The zero-order valence-corrected chi connectivity index (χ0v) is 11.2. The van der Waals surface area contributed by atoms with Gasteiger partial charge in [0.2, 0.25) is 0 Å². The number of hydrogen-bond acceptors (Lipinski definition) is 4. The van der Waals surface area contributed by atoms with Gasteiger partial charge in [-0.1, -0.05) is 37.3 Å². The van der Waals surface area contributed by atoms with Gasteiger partial charge in [-0.2, -0.15) is 0 Å². The van der Waals surface area contributed by atoms with Gasteiger partial charge in [-0.15, -0.1) is 0 Å². The van der Waals surface area contributed by atoms with Crippen LogP contribution in [0.4, 0.5) is 0 Å². The highest BCUT2D eigenvalue weighted by Gasteiger charge is 2.49. The summed E-state index contributed by atoms with van der Waals surface area (Å²) in [4.78, 5) is 24.0. The summed E-state index contributed by atoms with van der Waals surface area (Å²) in [5.41, 5.74) is 0.838. The summed E-state index contributed by atoms with van der Waals surface area (Å²) in [5, 5.41) is 0. The molecule has 0 radical (unpaired) electrons. The molecule has 1 saturated heterocycles. The Morgan fingerprint density at radius 3 is 2.53 bits per heavy atom. The van der Waals surface area contributed by atoms with E-state index in [9.17, 15) is 9.59 Å². The molecule has 0 bridgehead atoms. The first-order valence-electron chi connectivity index (χ1n) is 6.61. The van der Waals surface area contributed by atoms with E-state index in [2.05, 4.69) is 0 Å². The van der Waals surface area contributed by atoms with E-state index in [1.54, 1.807) is 6.92 Å². The van der Waals surface area contributed by atoms with E-state index in [4.69, 9.17) is 9.47 Å². The summed E-state index contributed by atoms with van der Waals surface area (Å²) in [6.45, 7) is 3.95. The number of cyclic esters (lactones) is 1. The summed E-state index contributed by atoms with van der Waals surface area (Å²) in [6.07, 6.45) is 0.0451. The fraction of sp³-hybridized carbons (Fsp3) is 0.467. The molecule has 0 aliphatic carbocycles. The molecule has 2 rings (SSSR count). The Labute approximate surface area is 112 Å². The van der Waals surface area contributed by atoms with Gasteiger partial charge in [-0.3, -0.25) is 9.59 Å². The lowest BCUT2D eigenvalue weighted by Crippen LogP contribution is -2.27. The van der Waals surface area contributed by atoms with Gasteiger partial charge in [0, 0.05) is 0 Å². The Hall–Kier alpha value is -1.84. The maximum Gasteiger partial charge on any atom is 0.313 e. The molecule has 102 valence electrons. The lowest BCUT2D eigenvalue weighted by Gasteiger charge is -2.18. The van der Waals surface area contributed by atoms with Gasteiger partial charge < -0.3 is 9.47 Å². The molecule has 0 spiro atoms. The molecule has 1 aromatic rings. The third-order valence-corrected chi connectivity index (χ3v) is 3.43. The first kappa shape index (κ1) is 13.6. The molecule has 4 heteroatoms. The van der Waals surface area contributed by atoms with Crippen LogP contribution in [0.15, 0.2) is 30.3 Å². The SMILES string of the molecule is CCOC(=O)C1C(CC)C(=O)OC1c1ccccc1. The smallest absolute Gasteiger partial charge is 0.313 e. The number of hydrogen-bond donors (Lipinski definition) is 0. The second-order valence-electron chi connectivity index (χ2n) is 4.56. The van der Waals surface area contributed by atoms with Crippen LogP contribution in [0.3, 0.4) is 0 Å². The highest BCUT2D eigenvalue weighted by Crippen LogP contribution is 2.41. The molecule has 1 fully saturated rings. The molecule has 0 aromatic heterocycles. The van der Waals surface area contributed by atoms with Gasteiger partial charge in [0.15, 0.2) is 0 Å². The van der Waals surface area contributed by atoms with Crippen LogP contribution in [0.1, 0.15) is 31.9 Å². The zero-order valence-electron chi connectivity index (χ0n) is 11.2. The van der Waals surface area contributed by atoms with Crippen molar-refractivity contribution < 1.29 is 19.1 Å². The predicted octanol–water partition coefficient (Wildman–Crippen LogP) is 2.49. The standard InChI is InChI=1S/C15H18O4/c1-3-11-12(15(17)18-4-2)13(19-14(11)16)10-8-6-5-7-9-10/h5-9,11-13H,3-4H2,1-2H3. The van der Waals surface area contributed by atoms with Crippen LogP contribution in [-0.2, 0) is 19.1 Å². The summed E-state index contributed by atoms with van der Waals surface area (Å²) < 4.78 is 10.5. The predicted molar refractivity (Wildman–Crippen MR) is 69.2 cm³/mol. The van der Waals surface area contributed by atoms with Crippen molar-refractivity contribution in [3.63, 3.8) is 0 Å². The molecule has 1 heterocycles. The van der Waals surface area contributed by atoms with Crippen LogP contribution in [0, 0.1) is 11.8 Å². The molecule has 3 atom stereocenters. The zero-order chi connectivity index (χ0) is 13.8. The number of carbonyl (C=O) groups excluding carboxylic acids is 2. The van der Waals surface area contributed by atoms with Gasteiger partial charge in [-0.25, -0.2) is 0 Å². The molecular weight excluding hydrogens is 244 g/mol. The topological polar surface area (TPSA) is 52.6 Å². The third-order valence-electron chi connectivity index (χ3n) is 3.43. The van der Waals surface area contributed by atoms with Gasteiger partial charge >= 0.3 is 11.9 Å². The van der Waals surface area contributed by atoms with Crippen LogP contribution in [-0.4, -0.2) is 18.5 Å². The monoisotopic (exact) mass is 262 g/mol. The average Bonchev–Trinajstić information content (AvgIpc) is 2.77. The third kappa shape index (κ3) is 2.62. The van der Waals surface area contributed by atoms with Crippen LogP contribution in [0.2, 0.25) is 0 Å². The van der Waals surface area contributed by atoms with Crippen molar-refractivity contribution in [2.45, 2.75) is 26.4 Å². The molecular formula is C15H18O4. The van der Waals surface area contributed by atoms with Crippen LogP contribution in [0.25, 0.3) is 0 Å². The summed E-state index contributed by atoms with van der Waals surface area (Å²) in [5.74, 6) is -1.62. The minimum absolute atomic E-state index is 0.307. The first-order chi connectivity index (χ1) is 9.19. The number of benzene rings is 1. The van der Waals surface area contributed by atoms with Crippen molar-refractivity contribution in [3.05, 3.63) is 35.9 Å². The lowest BCUT2D eigenvalue weighted by atomic mass is 9.85. The highest BCUT2D eigenvalue weighted by atomic mass is 16.6. The van der Waals surface area contributed by atoms with Gasteiger partial charge in [0.05, 0.1) is 12.5 Å². The highest BCUT2D eigenvalue weighted by molar-refractivity contribution is 5.86. The van der Waals surface area contributed by atoms with Crippen molar-refractivity contribution in [1.82, 2.24) is 0 Å². The Balaban J connectivity index is 2.31. The van der Waals surface area contributed by atoms with Crippen molar-refractivity contribution in [1.29, 1.82) is 0 Å². The van der Waals surface area contributed by atoms with Crippen LogP contribution < -0.4 is 0 Å². The Morgan fingerprint density at radius 1 is 1.26 bits per heavy atom. The van der Waals surface area contributed by atoms with E-state index in [1.165, 1.54) is 0 Å². The normalized spacial score (nSPS) is 26.0.